The summed E-state index contributed by atoms with van der Waals surface area (Å²) in [7, 11) is 0. The van der Waals surface area contributed by atoms with E-state index < -0.39 is 0 Å². The Morgan fingerprint density at radius 2 is 2.11 bits per heavy atom. The van der Waals surface area contributed by atoms with Crippen molar-refractivity contribution in [2.75, 3.05) is 0 Å². The van der Waals surface area contributed by atoms with E-state index in [2.05, 4.69) is 10.4 Å². The van der Waals surface area contributed by atoms with Crippen LogP contribution in [-0.2, 0) is 0 Å². The van der Waals surface area contributed by atoms with Gasteiger partial charge in [-0.2, -0.15) is 5.10 Å². The molecule has 2 aromatic rings. The van der Waals surface area contributed by atoms with Crippen molar-refractivity contribution in [2.45, 2.75) is 38.1 Å². The summed E-state index contributed by atoms with van der Waals surface area (Å²) < 4.78 is 1.73. The minimum Gasteiger partial charge on any atom is -0.348 e. The fraction of sp³-hybridized carbons (Fsp3) is 0.429. The maximum Gasteiger partial charge on any atom is 0.272 e. The maximum absolute atomic E-state index is 12.1. The number of fused-ring (bicyclic) bond motifs is 1. The highest BCUT2D eigenvalue weighted by Crippen LogP contribution is 2.17. The number of pyridine rings is 1. The Balaban J connectivity index is 1.74. The Bertz CT molecular complexity index is 522. The van der Waals surface area contributed by atoms with Gasteiger partial charge >= 0.3 is 0 Å². The Morgan fingerprint density at radius 3 is 2.89 bits per heavy atom. The third kappa shape index (κ3) is 2.23. The molecular weight excluding hydrogens is 226 g/mol. The monoisotopic (exact) mass is 243 g/mol. The van der Waals surface area contributed by atoms with Gasteiger partial charge in [-0.15, -0.1) is 0 Å². The molecule has 1 N–H and O–H groups in total. The van der Waals surface area contributed by atoms with E-state index in [4.69, 9.17) is 0 Å². The number of rotatable bonds is 2. The van der Waals surface area contributed by atoms with Gasteiger partial charge in [0, 0.05) is 12.2 Å². The number of nitrogens with one attached hydrogen (secondary N) is 1. The first kappa shape index (κ1) is 11.3. The molecule has 0 aromatic carbocycles. The Hall–Kier alpha value is -1.84. The Morgan fingerprint density at radius 1 is 1.28 bits per heavy atom. The van der Waals surface area contributed by atoms with Crippen LogP contribution in [0.2, 0.25) is 0 Å². The number of carbonyl (C=O) groups is 1. The highest BCUT2D eigenvalue weighted by Gasteiger charge is 2.18. The molecule has 18 heavy (non-hydrogen) atoms. The molecule has 94 valence electrons. The molecule has 2 aromatic heterocycles. The van der Waals surface area contributed by atoms with Crippen molar-refractivity contribution in [1.82, 2.24) is 14.9 Å². The Kier molecular flexibility index (Phi) is 3.00. The zero-order valence-corrected chi connectivity index (χ0v) is 10.3. The zero-order chi connectivity index (χ0) is 12.4. The Labute approximate surface area is 106 Å². The van der Waals surface area contributed by atoms with Gasteiger partial charge in [0.2, 0.25) is 0 Å². The summed E-state index contributed by atoms with van der Waals surface area (Å²) >= 11 is 0. The molecule has 0 radical (unpaired) electrons. The second-order valence-electron chi connectivity index (χ2n) is 4.91. The molecule has 1 aliphatic rings. The molecule has 1 aliphatic carbocycles. The van der Waals surface area contributed by atoms with Gasteiger partial charge in [-0.1, -0.05) is 25.3 Å². The summed E-state index contributed by atoms with van der Waals surface area (Å²) in [4.78, 5) is 12.1. The molecule has 0 spiro atoms. The fourth-order valence-electron chi connectivity index (χ4n) is 2.56. The predicted octanol–water partition coefficient (Wildman–Crippen LogP) is 2.40. The first-order chi connectivity index (χ1) is 8.83. The van der Waals surface area contributed by atoms with Crippen molar-refractivity contribution in [1.29, 1.82) is 0 Å². The second kappa shape index (κ2) is 4.80. The van der Waals surface area contributed by atoms with Crippen molar-refractivity contribution in [3.63, 3.8) is 0 Å². The van der Waals surface area contributed by atoms with Crippen LogP contribution in [0.3, 0.4) is 0 Å². The van der Waals surface area contributed by atoms with Gasteiger partial charge in [0.15, 0.2) is 5.69 Å². The summed E-state index contributed by atoms with van der Waals surface area (Å²) in [6, 6.07) is 7.96. The van der Waals surface area contributed by atoms with Crippen LogP contribution in [0.25, 0.3) is 5.52 Å². The van der Waals surface area contributed by atoms with Gasteiger partial charge in [0.25, 0.3) is 5.91 Å². The smallest absolute Gasteiger partial charge is 0.272 e. The summed E-state index contributed by atoms with van der Waals surface area (Å²) in [5.74, 6) is -0.0504. The average molecular weight is 243 g/mol. The minimum atomic E-state index is -0.0504. The first-order valence-corrected chi connectivity index (χ1v) is 6.58. The number of amides is 1. The number of carbonyl (C=O) groups excluding carboxylic acids is 1. The van der Waals surface area contributed by atoms with Gasteiger partial charge < -0.3 is 5.32 Å². The molecule has 0 aliphatic heterocycles. The third-order valence-electron chi connectivity index (χ3n) is 3.54. The topological polar surface area (TPSA) is 46.4 Å². The molecule has 0 atom stereocenters. The van der Waals surface area contributed by atoms with Crippen LogP contribution in [0.5, 0.6) is 0 Å². The quantitative estimate of drug-likeness (QED) is 0.880. The molecule has 1 fully saturated rings. The summed E-state index contributed by atoms with van der Waals surface area (Å²) in [5, 5.41) is 7.36. The van der Waals surface area contributed by atoms with Crippen molar-refractivity contribution >= 4 is 11.4 Å². The number of nitrogens with zero attached hydrogens (tertiary/aromatic N) is 2. The molecule has 0 unspecified atom stereocenters. The van der Waals surface area contributed by atoms with Crippen molar-refractivity contribution in [3.8, 4) is 0 Å². The van der Waals surface area contributed by atoms with Crippen molar-refractivity contribution in [2.24, 2.45) is 0 Å². The standard InChI is InChI=1S/C14H17N3O/c18-14(15-11-6-2-1-3-7-11)13-10-12-8-4-5-9-17(12)16-13/h4-5,8-11H,1-3,6-7H2,(H,15,18). The normalized spacial score (nSPS) is 16.9. The lowest BCUT2D eigenvalue weighted by molar-refractivity contribution is 0.0922. The summed E-state index contributed by atoms with van der Waals surface area (Å²) in [6.07, 6.45) is 7.78. The number of aromatic nitrogens is 2. The van der Waals surface area contributed by atoms with Crippen LogP contribution < -0.4 is 5.32 Å². The van der Waals surface area contributed by atoms with Gasteiger partial charge in [0.1, 0.15) is 0 Å². The number of hydrogen-bond donors (Lipinski definition) is 1. The molecule has 1 amide bonds. The van der Waals surface area contributed by atoms with Crippen LogP contribution in [0.4, 0.5) is 0 Å². The van der Waals surface area contributed by atoms with Crippen molar-refractivity contribution < 1.29 is 4.79 Å². The van der Waals surface area contributed by atoms with E-state index in [1.807, 2.05) is 30.5 Å². The third-order valence-corrected chi connectivity index (χ3v) is 3.54. The van der Waals surface area contributed by atoms with E-state index >= 15 is 0 Å². The number of hydrogen-bond acceptors (Lipinski definition) is 2. The van der Waals surface area contributed by atoms with Gasteiger partial charge in [-0.3, -0.25) is 4.79 Å². The summed E-state index contributed by atoms with van der Waals surface area (Å²) in [5.41, 5.74) is 1.46. The van der Waals surface area contributed by atoms with E-state index in [0.29, 0.717) is 11.7 Å². The van der Waals surface area contributed by atoms with Gasteiger partial charge in [-0.25, -0.2) is 4.52 Å². The molecule has 2 heterocycles. The van der Waals surface area contributed by atoms with E-state index in [9.17, 15) is 4.79 Å². The predicted molar refractivity (Wildman–Crippen MR) is 69.5 cm³/mol. The minimum absolute atomic E-state index is 0.0504. The second-order valence-corrected chi connectivity index (χ2v) is 4.91. The fourth-order valence-corrected chi connectivity index (χ4v) is 2.56. The molecule has 0 bridgehead atoms. The first-order valence-electron chi connectivity index (χ1n) is 6.58. The van der Waals surface area contributed by atoms with Crippen LogP contribution in [0.1, 0.15) is 42.6 Å². The highest BCUT2D eigenvalue weighted by atomic mass is 16.2. The lowest BCUT2D eigenvalue weighted by Crippen LogP contribution is -2.36. The molecule has 4 nitrogen and oxygen atoms in total. The lowest BCUT2D eigenvalue weighted by atomic mass is 9.95. The van der Waals surface area contributed by atoms with Crippen LogP contribution in [0, 0.1) is 0 Å². The molecule has 3 rings (SSSR count). The summed E-state index contributed by atoms with van der Waals surface area (Å²) in [6.45, 7) is 0. The van der Waals surface area contributed by atoms with Gasteiger partial charge in [0.05, 0.1) is 5.52 Å². The van der Waals surface area contributed by atoms with E-state index in [-0.39, 0.29) is 5.91 Å². The van der Waals surface area contributed by atoms with Gasteiger partial charge in [-0.05, 0) is 31.0 Å². The van der Waals surface area contributed by atoms with E-state index in [0.717, 1.165) is 18.4 Å². The molecule has 1 saturated carbocycles. The molecular formula is C14H17N3O. The van der Waals surface area contributed by atoms with Crippen LogP contribution >= 0.6 is 0 Å². The maximum atomic E-state index is 12.1. The van der Waals surface area contributed by atoms with E-state index in [1.54, 1.807) is 4.52 Å². The molecule has 4 heteroatoms. The van der Waals surface area contributed by atoms with E-state index in [1.165, 1.54) is 19.3 Å². The average Bonchev–Trinajstić information content (AvgIpc) is 2.84. The molecule has 0 saturated heterocycles. The largest absolute Gasteiger partial charge is 0.348 e. The van der Waals surface area contributed by atoms with Crippen LogP contribution in [-0.4, -0.2) is 21.6 Å². The SMILES string of the molecule is O=C(NC1CCCCC1)c1cc2ccccn2n1. The van der Waals surface area contributed by atoms with Crippen molar-refractivity contribution in [3.05, 3.63) is 36.2 Å². The highest BCUT2D eigenvalue weighted by molar-refractivity contribution is 5.93. The lowest BCUT2D eigenvalue weighted by Gasteiger charge is -2.22. The van der Waals surface area contributed by atoms with Crippen LogP contribution in [0.15, 0.2) is 30.5 Å². The zero-order valence-electron chi connectivity index (χ0n) is 10.3.